The number of nitrogens with zero attached hydrogens (tertiary/aromatic N) is 2. The van der Waals surface area contributed by atoms with Crippen LogP contribution < -0.4 is 10.6 Å². The van der Waals surface area contributed by atoms with Gasteiger partial charge in [-0.25, -0.2) is 4.39 Å². The van der Waals surface area contributed by atoms with Gasteiger partial charge in [0.25, 0.3) is 0 Å². The number of halogens is 2. The van der Waals surface area contributed by atoms with Crippen LogP contribution in [-0.4, -0.2) is 40.9 Å². The van der Waals surface area contributed by atoms with E-state index in [0.29, 0.717) is 53.3 Å². The largest absolute Gasteiger partial charge is 0.354 e. The Bertz CT molecular complexity index is 1300. The van der Waals surface area contributed by atoms with E-state index in [9.17, 15) is 18.8 Å². The zero-order valence-electron chi connectivity index (χ0n) is 19.0. The quantitative estimate of drug-likeness (QED) is 0.552. The third-order valence-electron chi connectivity index (χ3n) is 7.05. The number of carbonyl (C=O) groups is 3. The van der Waals surface area contributed by atoms with Crippen molar-refractivity contribution in [3.8, 4) is 0 Å². The summed E-state index contributed by atoms with van der Waals surface area (Å²) in [5.74, 6) is -0.907. The predicted octanol–water partition coefficient (Wildman–Crippen LogP) is 4.06. The molecule has 2 heterocycles. The molecule has 1 unspecified atom stereocenters. The maximum Gasteiger partial charge on any atom is 0.249 e. The summed E-state index contributed by atoms with van der Waals surface area (Å²) in [6, 6.07) is 9.76. The number of hydrogen-bond donors (Lipinski definition) is 2. The van der Waals surface area contributed by atoms with Crippen LogP contribution >= 0.6 is 11.6 Å². The fourth-order valence-corrected chi connectivity index (χ4v) is 5.14. The normalized spacial score (nSPS) is 19.4. The van der Waals surface area contributed by atoms with E-state index < -0.39 is 11.9 Å². The van der Waals surface area contributed by atoms with Crippen LogP contribution in [0, 0.1) is 17.2 Å². The summed E-state index contributed by atoms with van der Waals surface area (Å²) >= 11 is 5.97. The lowest BCUT2D eigenvalue weighted by atomic mass is 9.90. The Morgan fingerprint density at radius 1 is 1.17 bits per heavy atom. The first kappa shape index (κ1) is 23.3. The van der Waals surface area contributed by atoms with Gasteiger partial charge in [-0.2, -0.15) is 0 Å². The lowest BCUT2D eigenvalue weighted by Gasteiger charge is -2.35. The van der Waals surface area contributed by atoms with Gasteiger partial charge in [0.2, 0.25) is 17.7 Å². The van der Waals surface area contributed by atoms with Crippen LogP contribution in [0.5, 0.6) is 0 Å². The Balaban J connectivity index is 1.21. The van der Waals surface area contributed by atoms with E-state index >= 15 is 0 Å². The van der Waals surface area contributed by atoms with Crippen molar-refractivity contribution in [3.63, 3.8) is 0 Å². The van der Waals surface area contributed by atoms with Gasteiger partial charge in [0.15, 0.2) is 11.4 Å². The van der Waals surface area contributed by atoms with Crippen LogP contribution in [0.25, 0.3) is 11.0 Å². The molecular formula is C25H24ClFN4O4. The number of aromatic nitrogens is 1. The Kier molecular flexibility index (Phi) is 5.96. The maximum absolute atomic E-state index is 13.3. The van der Waals surface area contributed by atoms with Gasteiger partial charge in [-0.3, -0.25) is 14.4 Å². The molecule has 2 aromatic carbocycles. The second kappa shape index (κ2) is 8.96. The fraction of sp³-hybridized carbons (Fsp3) is 0.360. The number of carbonyl (C=O) groups excluding carboxylic acids is 3. The van der Waals surface area contributed by atoms with Crippen molar-refractivity contribution in [1.82, 2.24) is 15.4 Å². The molecule has 1 saturated heterocycles. The molecule has 2 atom stereocenters. The van der Waals surface area contributed by atoms with Gasteiger partial charge in [-0.1, -0.05) is 28.9 Å². The average Bonchev–Trinajstić information content (AvgIpc) is 3.40. The van der Waals surface area contributed by atoms with Gasteiger partial charge < -0.3 is 20.1 Å². The van der Waals surface area contributed by atoms with E-state index in [0.717, 1.165) is 6.42 Å². The van der Waals surface area contributed by atoms with E-state index in [-0.39, 0.29) is 29.1 Å². The summed E-state index contributed by atoms with van der Waals surface area (Å²) in [4.78, 5) is 39.6. The molecule has 0 radical (unpaired) electrons. The SMILES string of the molecule is CC(=O)N[C@@H](C(=O)N1CCC2(CC1)CC2C(=O)Nc1noc2cc(Cl)ccc12)c1ccc(F)cc1. The second-order valence-corrected chi connectivity index (χ2v) is 9.73. The highest BCUT2D eigenvalue weighted by molar-refractivity contribution is 6.31. The molecule has 2 N–H and O–H groups in total. The fourth-order valence-electron chi connectivity index (χ4n) is 4.98. The molecule has 2 aliphatic rings. The molecule has 1 saturated carbocycles. The first-order valence-electron chi connectivity index (χ1n) is 11.4. The number of hydrogen-bond acceptors (Lipinski definition) is 5. The number of amides is 3. The van der Waals surface area contributed by atoms with Gasteiger partial charge in [-0.15, -0.1) is 0 Å². The summed E-state index contributed by atoms with van der Waals surface area (Å²) in [5, 5.41) is 10.7. The molecule has 1 aromatic heterocycles. The summed E-state index contributed by atoms with van der Waals surface area (Å²) in [5.41, 5.74) is 0.875. The molecule has 35 heavy (non-hydrogen) atoms. The van der Waals surface area contributed by atoms with Crippen molar-refractivity contribution in [1.29, 1.82) is 0 Å². The van der Waals surface area contributed by atoms with Crippen molar-refractivity contribution < 1.29 is 23.3 Å². The lowest BCUT2D eigenvalue weighted by molar-refractivity contribution is -0.137. The number of fused-ring (bicyclic) bond motifs is 1. The van der Waals surface area contributed by atoms with Crippen LogP contribution in [0.1, 0.15) is 37.8 Å². The lowest BCUT2D eigenvalue weighted by Crippen LogP contribution is -2.46. The predicted molar refractivity (Wildman–Crippen MR) is 127 cm³/mol. The van der Waals surface area contributed by atoms with Crippen molar-refractivity contribution in [3.05, 3.63) is 58.9 Å². The van der Waals surface area contributed by atoms with E-state index in [1.165, 1.54) is 31.2 Å². The van der Waals surface area contributed by atoms with E-state index in [2.05, 4.69) is 15.8 Å². The van der Waals surface area contributed by atoms with Gasteiger partial charge in [-0.05, 0) is 54.5 Å². The summed E-state index contributed by atoms with van der Waals surface area (Å²) in [7, 11) is 0. The minimum absolute atomic E-state index is 0.114. The van der Waals surface area contributed by atoms with Gasteiger partial charge >= 0.3 is 0 Å². The number of likely N-dealkylation sites (tertiary alicyclic amines) is 1. The first-order valence-corrected chi connectivity index (χ1v) is 11.8. The van der Waals surface area contributed by atoms with Crippen molar-refractivity contribution in [2.45, 2.75) is 32.2 Å². The molecule has 1 aliphatic carbocycles. The zero-order chi connectivity index (χ0) is 24.7. The Morgan fingerprint density at radius 2 is 1.89 bits per heavy atom. The first-order chi connectivity index (χ1) is 16.8. The number of nitrogens with one attached hydrogen (secondary N) is 2. The highest BCUT2D eigenvalue weighted by atomic mass is 35.5. The standard InChI is InChI=1S/C25H24ClFN4O4/c1-14(32)28-21(15-2-5-17(27)6-3-15)24(34)31-10-8-25(9-11-31)13-19(25)23(33)29-22-18-7-4-16(26)12-20(18)35-30-22/h2-7,12,19,21H,8-11,13H2,1H3,(H,28,32)(H,29,30,33)/t19?,21-/m1/s1. The smallest absolute Gasteiger partial charge is 0.249 e. The number of rotatable bonds is 5. The Hall–Kier alpha value is -3.46. The second-order valence-electron chi connectivity index (χ2n) is 9.29. The monoisotopic (exact) mass is 498 g/mol. The van der Waals surface area contributed by atoms with Gasteiger partial charge in [0, 0.05) is 37.0 Å². The average molecular weight is 499 g/mol. The zero-order valence-corrected chi connectivity index (χ0v) is 19.8. The molecule has 0 bridgehead atoms. The van der Waals surface area contributed by atoms with Crippen LogP contribution in [0.2, 0.25) is 5.02 Å². The third-order valence-corrected chi connectivity index (χ3v) is 7.29. The highest BCUT2D eigenvalue weighted by Gasteiger charge is 2.59. The van der Waals surface area contributed by atoms with E-state index in [1.807, 2.05) is 0 Å². The third kappa shape index (κ3) is 4.60. The topological polar surface area (TPSA) is 105 Å². The van der Waals surface area contributed by atoms with Crippen molar-refractivity contribution in [2.24, 2.45) is 11.3 Å². The van der Waals surface area contributed by atoms with Crippen molar-refractivity contribution in [2.75, 3.05) is 18.4 Å². The number of piperidine rings is 1. The molecule has 1 spiro atoms. The van der Waals surface area contributed by atoms with E-state index in [1.54, 1.807) is 23.1 Å². The van der Waals surface area contributed by atoms with Crippen LogP contribution in [-0.2, 0) is 14.4 Å². The minimum atomic E-state index is -0.880. The van der Waals surface area contributed by atoms with Crippen LogP contribution in [0.3, 0.4) is 0 Å². The van der Waals surface area contributed by atoms with Crippen LogP contribution in [0.15, 0.2) is 47.0 Å². The van der Waals surface area contributed by atoms with Gasteiger partial charge in [0.1, 0.15) is 11.9 Å². The summed E-state index contributed by atoms with van der Waals surface area (Å²) < 4.78 is 18.6. The molecule has 2 fully saturated rings. The van der Waals surface area contributed by atoms with Crippen LogP contribution in [0.4, 0.5) is 10.2 Å². The molecule has 8 nitrogen and oxygen atoms in total. The maximum atomic E-state index is 13.3. The molecular weight excluding hydrogens is 475 g/mol. The summed E-state index contributed by atoms with van der Waals surface area (Å²) in [6.07, 6.45) is 2.11. The number of benzene rings is 2. The highest BCUT2D eigenvalue weighted by Crippen LogP contribution is 2.59. The summed E-state index contributed by atoms with van der Waals surface area (Å²) in [6.45, 7) is 2.30. The Morgan fingerprint density at radius 3 is 2.57 bits per heavy atom. The molecule has 182 valence electrons. The van der Waals surface area contributed by atoms with Gasteiger partial charge in [0.05, 0.1) is 5.39 Å². The Labute approximate surface area is 205 Å². The van der Waals surface area contributed by atoms with E-state index in [4.69, 9.17) is 16.1 Å². The van der Waals surface area contributed by atoms with Crippen molar-refractivity contribution >= 4 is 46.1 Å². The molecule has 3 amide bonds. The molecule has 5 rings (SSSR count). The molecule has 10 heteroatoms. The molecule has 3 aromatic rings. The molecule has 1 aliphatic heterocycles. The minimum Gasteiger partial charge on any atom is -0.354 e. The number of anilines is 1.